The zero-order valence-corrected chi connectivity index (χ0v) is 29.0. The van der Waals surface area contributed by atoms with E-state index >= 15 is 0 Å². The Labute approximate surface area is 267 Å². The zero-order chi connectivity index (χ0) is 31.6. The van der Waals surface area contributed by atoms with E-state index in [0.29, 0.717) is 53.3 Å². The van der Waals surface area contributed by atoms with Crippen LogP contribution in [-0.2, 0) is 14.3 Å². The molecule has 0 heterocycles. The summed E-state index contributed by atoms with van der Waals surface area (Å²) in [6.45, 7) is 19.9. The number of carbonyl (C=O) groups excluding carboxylic acids is 1. The summed E-state index contributed by atoms with van der Waals surface area (Å²) in [5.41, 5.74) is 6.16. The van der Waals surface area contributed by atoms with Crippen molar-refractivity contribution in [2.24, 2.45) is 75.4 Å². The van der Waals surface area contributed by atoms with Crippen LogP contribution >= 0.6 is 0 Å². The highest BCUT2D eigenvalue weighted by Crippen LogP contribution is 2.75. The molecule has 0 bridgehead atoms. The molecule has 0 aliphatic heterocycles. The van der Waals surface area contributed by atoms with Gasteiger partial charge < -0.3 is 9.84 Å². The van der Waals surface area contributed by atoms with E-state index in [1.807, 2.05) is 11.1 Å². The van der Waals surface area contributed by atoms with Crippen LogP contribution in [0.3, 0.4) is 0 Å². The molecule has 7 aliphatic rings. The Morgan fingerprint density at radius 3 is 2.27 bits per heavy atom. The van der Waals surface area contributed by atoms with Gasteiger partial charge in [0.25, 0.3) is 6.47 Å². The molecule has 0 radical (unpaired) electrons. The van der Waals surface area contributed by atoms with Crippen molar-refractivity contribution in [3.05, 3.63) is 22.3 Å². The number of aliphatic carboxylic acids is 1. The van der Waals surface area contributed by atoms with Gasteiger partial charge in [-0.25, -0.2) is 0 Å². The summed E-state index contributed by atoms with van der Waals surface area (Å²) < 4.78 is 6.13. The Morgan fingerprint density at radius 2 is 1.61 bits per heavy atom. The van der Waals surface area contributed by atoms with E-state index in [4.69, 9.17) is 4.74 Å². The lowest BCUT2D eigenvalue weighted by Crippen LogP contribution is -2.65. The van der Waals surface area contributed by atoms with Gasteiger partial charge >= 0.3 is 5.97 Å². The molecule has 5 saturated carbocycles. The lowest BCUT2D eigenvalue weighted by atomic mass is 9.34. The number of carboxylic acids is 1. The highest BCUT2D eigenvalue weighted by atomic mass is 16.5. The molecule has 0 amide bonds. The molecule has 7 aliphatic carbocycles. The summed E-state index contributed by atoms with van der Waals surface area (Å²) in [6.07, 6.45) is 13.5. The Balaban J connectivity index is 1.48. The van der Waals surface area contributed by atoms with Gasteiger partial charge in [0, 0.05) is 11.8 Å². The van der Waals surface area contributed by atoms with Crippen LogP contribution in [0.5, 0.6) is 0 Å². The van der Waals surface area contributed by atoms with Gasteiger partial charge in [0.15, 0.2) is 0 Å². The topological polar surface area (TPSA) is 63.6 Å². The van der Waals surface area contributed by atoms with E-state index in [1.165, 1.54) is 38.5 Å². The summed E-state index contributed by atoms with van der Waals surface area (Å²) in [5.74, 6) is 4.60. The molecule has 0 aromatic carbocycles. The molecule has 0 spiro atoms. The van der Waals surface area contributed by atoms with Gasteiger partial charge in [0.05, 0.1) is 5.41 Å². The lowest BCUT2D eigenvalue weighted by Gasteiger charge is -2.70. The Kier molecular flexibility index (Phi) is 7.20. The average molecular weight is 605 g/mol. The number of carboxylic acid groups (broad SMARTS) is 1. The number of rotatable bonds is 4. The maximum absolute atomic E-state index is 13.1. The molecule has 1 N–H and O–H groups in total. The van der Waals surface area contributed by atoms with Crippen LogP contribution in [0.25, 0.3) is 0 Å². The molecular weight excluding hydrogens is 544 g/mol. The molecule has 7 rings (SSSR count). The van der Waals surface area contributed by atoms with Crippen molar-refractivity contribution in [1.82, 2.24) is 0 Å². The van der Waals surface area contributed by atoms with Crippen molar-refractivity contribution in [2.45, 2.75) is 138 Å². The van der Waals surface area contributed by atoms with Crippen molar-refractivity contribution < 1.29 is 19.4 Å². The molecule has 13 atom stereocenters. The molecule has 0 aromatic rings. The van der Waals surface area contributed by atoms with E-state index in [2.05, 4.69) is 55.4 Å². The highest BCUT2D eigenvalue weighted by Gasteiger charge is 2.69. The van der Waals surface area contributed by atoms with Gasteiger partial charge in [-0.05, 0) is 156 Å². The van der Waals surface area contributed by atoms with Gasteiger partial charge in [0.2, 0.25) is 0 Å². The Morgan fingerprint density at radius 1 is 0.909 bits per heavy atom. The Bertz CT molecular complexity index is 1290. The SMILES string of the molecule is CC(C)=C1CCC2C3C1C1=C4C(CC5C(C)(OC=O)CCCC5(C)C4CCC1C(C)C)C3CC1C(C)(C(=O)O)CCCC21C. The van der Waals surface area contributed by atoms with Crippen molar-refractivity contribution in [2.75, 3.05) is 0 Å². The molecule has 4 nitrogen and oxygen atoms in total. The molecule has 4 heteroatoms. The first-order valence-electron chi connectivity index (χ1n) is 18.5. The van der Waals surface area contributed by atoms with Gasteiger partial charge in [-0.15, -0.1) is 0 Å². The number of fused-ring (bicyclic) bond motifs is 6. The second-order valence-electron chi connectivity index (χ2n) is 18.4. The smallest absolute Gasteiger partial charge is 0.309 e. The molecule has 5 fully saturated rings. The van der Waals surface area contributed by atoms with Crippen LogP contribution in [0.15, 0.2) is 22.3 Å². The maximum atomic E-state index is 13.1. The van der Waals surface area contributed by atoms with Crippen LogP contribution in [0.2, 0.25) is 0 Å². The van der Waals surface area contributed by atoms with Crippen LogP contribution in [0, 0.1) is 75.4 Å². The number of ether oxygens (including phenoxy) is 1. The maximum Gasteiger partial charge on any atom is 0.309 e. The first kappa shape index (κ1) is 31.0. The minimum atomic E-state index is -0.644. The minimum Gasteiger partial charge on any atom is -0.481 e. The average Bonchev–Trinajstić information content (AvgIpc) is 2.96. The molecule has 0 aromatic heterocycles. The third-order valence-electron chi connectivity index (χ3n) is 16.4. The largest absolute Gasteiger partial charge is 0.481 e. The van der Waals surface area contributed by atoms with E-state index in [-0.39, 0.29) is 16.7 Å². The fraction of sp³-hybridized carbons (Fsp3) is 0.850. The van der Waals surface area contributed by atoms with E-state index in [0.717, 1.165) is 45.0 Å². The third kappa shape index (κ3) is 3.93. The standard InChI is InChI=1S/C40H60O4/c1-22(2)24-11-13-28-32-26(19-30-37(28,5)15-9-17-39(30,7)36(42)43)27-20-31-38(6,16-10-18-40(31,8)44-21-41)29-14-12-25(23(3)4)35(33(27)29)34(24)32/h21,23,25-32,34H,9-20H2,1-8H3,(H,42,43). The monoisotopic (exact) mass is 604 g/mol. The predicted molar refractivity (Wildman–Crippen MR) is 175 cm³/mol. The molecular formula is C40H60O4. The van der Waals surface area contributed by atoms with Crippen molar-refractivity contribution in [1.29, 1.82) is 0 Å². The minimum absolute atomic E-state index is 0.0839. The molecule has 13 unspecified atom stereocenters. The summed E-state index contributed by atoms with van der Waals surface area (Å²) in [4.78, 5) is 25.1. The van der Waals surface area contributed by atoms with E-state index in [1.54, 1.807) is 11.1 Å². The van der Waals surface area contributed by atoms with Crippen LogP contribution in [0.4, 0.5) is 0 Å². The number of hydrogen-bond acceptors (Lipinski definition) is 3. The number of allylic oxidation sites excluding steroid dienone is 4. The summed E-state index contributed by atoms with van der Waals surface area (Å²) in [6, 6.07) is 0. The van der Waals surface area contributed by atoms with E-state index < -0.39 is 17.0 Å². The lowest BCUT2D eigenvalue weighted by molar-refractivity contribution is -0.197. The fourth-order valence-electron chi connectivity index (χ4n) is 14.6. The molecule has 244 valence electrons. The summed E-state index contributed by atoms with van der Waals surface area (Å²) in [5, 5.41) is 10.8. The van der Waals surface area contributed by atoms with Crippen LogP contribution < -0.4 is 0 Å². The van der Waals surface area contributed by atoms with Gasteiger partial charge in [-0.1, -0.05) is 56.4 Å². The zero-order valence-electron chi connectivity index (χ0n) is 29.0. The fourth-order valence-corrected chi connectivity index (χ4v) is 14.6. The first-order chi connectivity index (χ1) is 20.7. The summed E-state index contributed by atoms with van der Waals surface area (Å²) >= 11 is 0. The second-order valence-corrected chi connectivity index (χ2v) is 18.4. The van der Waals surface area contributed by atoms with Crippen molar-refractivity contribution >= 4 is 12.4 Å². The predicted octanol–water partition coefficient (Wildman–Crippen LogP) is 9.63. The third-order valence-corrected chi connectivity index (χ3v) is 16.4. The quantitative estimate of drug-likeness (QED) is 0.256. The molecule has 44 heavy (non-hydrogen) atoms. The van der Waals surface area contributed by atoms with Crippen LogP contribution in [0.1, 0.15) is 132 Å². The normalized spacial score (nSPS) is 51.0. The summed E-state index contributed by atoms with van der Waals surface area (Å²) in [7, 11) is 0. The number of carbonyl (C=O) groups is 2. The highest BCUT2D eigenvalue weighted by molar-refractivity contribution is 5.75. The van der Waals surface area contributed by atoms with E-state index in [9.17, 15) is 14.7 Å². The van der Waals surface area contributed by atoms with Gasteiger partial charge in [0.1, 0.15) is 5.60 Å². The van der Waals surface area contributed by atoms with Crippen molar-refractivity contribution in [3.8, 4) is 0 Å². The second kappa shape index (κ2) is 10.2. The molecule has 0 saturated heterocycles. The number of hydrogen-bond donors (Lipinski definition) is 1. The van der Waals surface area contributed by atoms with Gasteiger partial charge in [-0.2, -0.15) is 0 Å². The van der Waals surface area contributed by atoms with Crippen molar-refractivity contribution in [3.63, 3.8) is 0 Å². The first-order valence-corrected chi connectivity index (χ1v) is 18.5. The van der Waals surface area contributed by atoms with Gasteiger partial charge in [-0.3, -0.25) is 9.59 Å². The Hall–Kier alpha value is -1.58. The van der Waals surface area contributed by atoms with Crippen LogP contribution in [-0.4, -0.2) is 23.1 Å².